The van der Waals surface area contributed by atoms with Gasteiger partial charge in [0.15, 0.2) is 0 Å². The highest BCUT2D eigenvalue weighted by Gasteiger charge is 2.21. The van der Waals surface area contributed by atoms with E-state index in [4.69, 9.17) is 10.5 Å². The Kier molecular flexibility index (Phi) is 3.74. The van der Waals surface area contributed by atoms with Crippen molar-refractivity contribution in [3.05, 3.63) is 30.5 Å². The van der Waals surface area contributed by atoms with E-state index in [0.29, 0.717) is 6.10 Å². The van der Waals surface area contributed by atoms with Gasteiger partial charge in [0.05, 0.1) is 29.2 Å². The van der Waals surface area contributed by atoms with E-state index in [1.807, 2.05) is 18.2 Å². The van der Waals surface area contributed by atoms with Crippen LogP contribution in [0.3, 0.4) is 0 Å². The van der Waals surface area contributed by atoms with Gasteiger partial charge in [-0.05, 0) is 25.8 Å². The molecule has 1 aliphatic rings. The number of nitrogens with two attached hydrogens (primary N) is 1. The molecule has 3 rings (SSSR count). The number of ether oxygens (including phenoxy) is 1. The largest absolute Gasteiger partial charge is 0.396 e. The number of likely N-dealkylation sites (N-methyl/N-ethyl adjacent to an activating group) is 1. The smallest absolute Gasteiger partial charge is 0.0750 e. The molecule has 0 radical (unpaired) electrons. The molecule has 106 valence electrons. The number of para-hydroxylation sites is 1. The van der Waals surface area contributed by atoms with Crippen molar-refractivity contribution in [1.82, 2.24) is 4.98 Å². The lowest BCUT2D eigenvalue weighted by Gasteiger charge is -2.28. The molecule has 4 heteroatoms. The monoisotopic (exact) mass is 271 g/mol. The maximum absolute atomic E-state index is 6.19. The Morgan fingerprint density at radius 2 is 2.25 bits per heavy atom. The number of rotatable bonds is 4. The Hall–Kier alpha value is -1.81. The first kappa shape index (κ1) is 13.2. The number of anilines is 2. The third-order valence-electron chi connectivity index (χ3n) is 3.92. The molecule has 1 atom stereocenters. The Labute approximate surface area is 119 Å². The SMILES string of the molecule is CCN(CC1CCCO1)c1c(N)cnc2ccccc12. The number of hydrogen-bond acceptors (Lipinski definition) is 4. The van der Waals surface area contributed by atoms with E-state index in [9.17, 15) is 0 Å². The van der Waals surface area contributed by atoms with Gasteiger partial charge in [-0.25, -0.2) is 0 Å². The fourth-order valence-electron chi connectivity index (χ4n) is 2.91. The minimum Gasteiger partial charge on any atom is -0.396 e. The van der Waals surface area contributed by atoms with Crippen molar-refractivity contribution in [3.63, 3.8) is 0 Å². The van der Waals surface area contributed by atoms with Gasteiger partial charge in [-0.2, -0.15) is 0 Å². The van der Waals surface area contributed by atoms with Crippen molar-refractivity contribution in [3.8, 4) is 0 Å². The standard InChI is InChI=1S/C16H21N3O/c1-2-19(11-12-6-5-9-20-12)16-13-7-3-4-8-15(13)18-10-14(16)17/h3-4,7-8,10,12H,2,5-6,9,11,17H2,1H3. The summed E-state index contributed by atoms with van der Waals surface area (Å²) in [5, 5.41) is 1.12. The van der Waals surface area contributed by atoms with Gasteiger partial charge in [0, 0.05) is 25.1 Å². The Balaban J connectivity index is 1.99. The van der Waals surface area contributed by atoms with Crippen LogP contribution in [0.2, 0.25) is 0 Å². The van der Waals surface area contributed by atoms with Gasteiger partial charge in [0.25, 0.3) is 0 Å². The number of aromatic nitrogens is 1. The van der Waals surface area contributed by atoms with Gasteiger partial charge in [0.1, 0.15) is 0 Å². The second-order valence-electron chi connectivity index (χ2n) is 5.25. The Morgan fingerprint density at radius 3 is 3.00 bits per heavy atom. The van der Waals surface area contributed by atoms with E-state index in [1.54, 1.807) is 6.20 Å². The summed E-state index contributed by atoms with van der Waals surface area (Å²) >= 11 is 0. The van der Waals surface area contributed by atoms with E-state index in [-0.39, 0.29) is 0 Å². The topological polar surface area (TPSA) is 51.4 Å². The normalized spacial score (nSPS) is 18.6. The summed E-state index contributed by atoms with van der Waals surface area (Å²) in [5.74, 6) is 0. The molecule has 1 aliphatic heterocycles. The van der Waals surface area contributed by atoms with E-state index in [1.165, 1.54) is 0 Å². The molecule has 0 saturated carbocycles. The second-order valence-corrected chi connectivity index (χ2v) is 5.25. The van der Waals surface area contributed by atoms with Crippen molar-refractivity contribution in [2.45, 2.75) is 25.9 Å². The highest BCUT2D eigenvalue weighted by Crippen LogP contribution is 2.32. The van der Waals surface area contributed by atoms with Crippen LogP contribution < -0.4 is 10.6 Å². The molecule has 1 unspecified atom stereocenters. The van der Waals surface area contributed by atoms with Crippen LogP contribution in [0.4, 0.5) is 11.4 Å². The molecule has 4 nitrogen and oxygen atoms in total. The lowest BCUT2D eigenvalue weighted by Crippen LogP contribution is -2.32. The molecule has 1 aromatic heterocycles. The minimum atomic E-state index is 0.321. The number of fused-ring (bicyclic) bond motifs is 1. The molecule has 2 aromatic rings. The summed E-state index contributed by atoms with van der Waals surface area (Å²) < 4.78 is 5.76. The summed E-state index contributed by atoms with van der Waals surface area (Å²) in [6, 6.07) is 8.16. The molecule has 1 saturated heterocycles. The first-order chi connectivity index (χ1) is 9.79. The van der Waals surface area contributed by atoms with E-state index < -0.39 is 0 Å². The Morgan fingerprint density at radius 1 is 1.40 bits per heavy atom. The van der Waals surface area contributed by atoms with Gasteiger partial charge >= 0.3 is 0 Å². The zero-order valence-corrected chi connectivity index (χ0v) is 11.9. The molecule has 0 aliphatic carbocycles. The third kappa shape index (κ3) is 2.43. The van der Waals surface area contributed by atoms with Crippen LogP contribution in [-0.4, -0.2) is 30.8 Å². The quantitative estimate of drug-likeness (QED) is 0.929. The van der Waals surface area contributed by atoms with Gasteiger partial charge in [-0.3, -0.25) is 4.98 Å². The maximum atomic E-state index is 6.19. The van der Waals surface area contributed by atoms with Crippen LogP contribution >= 0.6 is 0 Å². The van der Waals surface area contributed by atoms with Gasteiger partial charge in [-0.1, -0.05) is 18.2 Å². The van der Waals surface area contributed by atoms with Crippen molar-refractivity contribution in [2.75, 3.05) is 30.3 Å². The zero-order chi connectivity index (χ0) is 13.9. The summed E-state index contributed by atoms with van der Waals surface area (Å²) in [6.07, 6.45) is 4.38. The molecule has 2 heterocycles. The average molecular weight is 271 g/mol. The van der Waals surface area contributed by atoms with Crippen LogP contribution in [0.15, 0.2) is 30.5 Å². The van der Waals surface area contributed by atoms with Crippen LogP contribution in [0.25, 0.3) is 10.9 Å². The van der Waals surface area contributed by atoms with Crippen molar-refractivity contribution in [2.24, 2.45) is 0 Å². The van der Waals surface area contributed by atoms with Gasteiger partial charge in [0.2, 0.25) is 0 Å². The highest BCUT2D eigenvalue weighted by atomic mass is 16.5. The third-order valence-corrected chi connectivity index (χ3v) is 3.92. The number of benzene rings is 1. The number of pyridine rings is 1. The lowest BCUT2D eigenvalue weighted by atomic mass is 10.1. The van der Waals surface area contributed by atoms with Crippen molar-refractivity contribution >= 4 is 22.3 Å². The van der Waals surface area contributed by atoms with Crippen molar-refractivity contribution in [1.29, 1.82) is 0 Å². The van der Waals surface area contributed by atoms with Crippen LogP contribution in [0.5, 0.6) is 0 Å². The molecular formula is C16H21N3O. The number of nitrogen functional groups attached to an aromatic ring is 1. The number of nitrogens with zero attached hydrogens (tertiary/aromatic N) is 2. The summed E-state index contributed by atoms with van der Waals surface area (Å²) in [6.45, 7) is 4.85. The lowest BCUT2D eigenvalue weighted by molar-refractivity contribution is 0.116. The Bertz CT molecular complexity index is 593. The van der Waals surface area contributed by atoms with Crippen LogP contribution in [0.1, 0.15) is 19.8 Å². The summed E-state index contributed by atoms with van der Waals surface area (Å²) in [4.78, 5) is 6.72. The van der Waals surface area contributed by atoms with Crippen LogP contribution in [-0.2, 0) is 4.74 Å². The molecule has 2 N–H and O–H groups in total. The summed E-state index contributed by atoms with van der Waals surface area (Å²) in [7, 11) is 0. The minimum absolute atomic E-state index is 0.321. The first-order valence-electron chi connectivity index (χ1n) is 7.29. The fourth-order valence-corrected chi connectivity index (χ4v) is 2.91. The molecule has 0 bridgehead atoms. The maximum Gasteiger partial charge on any atom is 0.0750 e. The highest BCUT2D eigenvalue weighted by molar-refractivity contribution is 5.97. The van der Waals surface area contributed by atoms with Gasteiger partial charge < -0.3 is 15.4 Å². The molecule has 1 aromatic carbocycles. The van der Waals surface area contributed by atoms with Gasteiger partial charge in [-0.15, -0.1) is 0 Å². The van der Waals surface area contributed by atoms with E-state index >= 15 is 0 Å². The predicted octanol–water partition coefficient (Wildman–Crippen LogP) is 2.82. The average Bonchev–Trinajstić information content (AvgIpc) is 2.98. The second kappa shape index (κ2) is 5.67. The molecule has 0 amide bonds. The summed E-state index contributed by atoms with van der Waals surface area (Å²) in [5.41, 5.74) is 9.01. The van der Waals surface area contributed by atoms with E-state index in [2.05, 4.69) is 22.9 Å². The molecular weight excluding hydrogens is 250 g/mol. The first-order valence-corrected chi connectivity index (χ1v) is 7.29. The molecule has 1 fully saturated rings. The fraction of sp³-hybridized carbons (Fsp3) is 0.438. The van der Waals surface area contributed by atoms with Crippen molar-refractivity contribution < 1.29 is 4.74 Å². The number of hydrogen-bond donors (Lipinski definition) is 1. The van der Waals surface area contributed by atoms with E-state index in [0.717, 1.165) is 54.8 Å². The van der Waals surface area contributed by atoms with Crippen LogP contribution in [0, 0.1) is 0 Å². The molecule has 0 spiro atoms. The zero-order valence-electron chi connectivity index (χ0n) is 11.9. The molecule has 20 heavy (non-hydrogen) atoms. The predicted molar refractivity (Wildman–Crippen MR) is 83.0 cm³/mol.